The highest BCUT2D eigenvalue weighted by Gasteiger charge is 2.25. The van der Waals surface area contributed by atoms with Gasteiger partial charge in [-0.15, -0.1) is 0 Å². The van der Waals surface area contributed by atoms with E-state index in [1.165, 1.54) is 41.8 Å². The second kappa shape index (κ2) is 6.79. The van der Waals surface area contributed by atoms with Crippen LogP contribution >= 0.6 is 0 Å². The zero-order chi connectivity index (χ0) is 15.5. The van der Waals surface area contributed by atoms with E-state index in [0.29, 0.717) is 32.1 Å². The number of amides is 2. The van der Waals surface area contributed by atoms with E-state index in [0.717, 1.165) is 0 Å². The number of hydrogen-bond donors (Lipinski definition) is 1. The molecule has 0 aromatic carbocycles. The molecular weight excluding hydrogens is 290 g/mol. The summed E-state index contributed by atoms with van der Waals surface area (Å²) in [5.74, 6) is 0.604. The largest absolute Gasteiger partial charge is 0.322 e. The zero-order valence-corrected chi connectivity index (χ0v) is 13.7. The second-order valence-electron chi connectivity index (χ2n) is 5.97. The van der Waals surface area contributed by atoms with Crippen LogP contribution in [0.15, 0.2) is 11.8 Å². The molecular formula is C14H25N3O3S. The quantitative estimate of drug-likeness (QED) is 0.855. The summed E-state index contributed by atoms with van der Waals surface area (Å²) in [6, 6.07) is -0.138. The first-order chi connectivity index (χ1) is 9.88. The molecule has 2 rings (SSSR count). The summed E-state index contributed by atoms with van der Waals surface area (Å²) in [5, 5.41) is 2.84. The Labute approximate surface area is 127 Å². The standard InChI is InChI=1S/C14H25N3O3S/c1-12(13-5-3-4-6-13)11-15-14(18)16-7-9-17(10-8-16)21(2,19)20/h11,13H,3-10H2,1-2H3,(H,15,18)/b12-11+. The van der Waals surface area contributed by atoms with Crippen LogP contribution in [0.1, 0.15) is 32.6 Å². The summed E-state index contributed by atoms with van der Waals surface area (Å²) in [6.45, 7) is 3.69. The summed E-state index contributed by atoms with van der Waals surface area (Å²) in [7, 11) is -3.15. The minimum absolute atomic E-state index is 0.138. The number of urea groups is 1. The molecule has 0 aromatic heterocycles. The van der Waals surface area contributed by atoms with Crippen LogP contribution in [-0.2, 0) is 10.0 Å². The van der Waals surface area contributed by atoms with Crippen LogP contribution in [-0.4, -0.2) is 56.1 Å². The van der Waals surface area contributed by atoms with Crippen LogP contribution in [0.25, 0.3) is 0 Å². The molecule has 0 spiro atoms. The van der Waals surface area contributed by atoms with Gasteiger partial charge in [-0.25, -0.2) is 13.2 Å². The van der Waals surface area contributed by atoms with Crippen LogP contribution in [0, 0.1) is 5.92 Å². The van der Waals surface area contributed by atoms with Crippen molar-refractivity contribution in [2.45, 2.75) is 32.6 Å². The molecule has 1 heterocycles. The van der Waals surface area contributed by atoms with E-state index in [1.54, 1.807) is 4.90 Å². The third-order valence-corrected chi connectivity index (χ3v) is 5.72. The Hall–Kier alpha value is -1.08. The van der Waals surface area contributed by atoms with Gasteiger partial charge in [0.15, 0.2) is 0 Å². The van der Waals surface area contributed by atoms with Gasteiger partial charge in [-0.1, -0.05) is 18.4 Å². The lowest BCUT2D eigenvalue weighted by atomic mass is 10.0. The topological polar surface area (TPSA) is 69.7 Å². The first-order valence-electron chi connectivity index (χ1n) is 7.55. The minimum atomic E-state index is -3.15. The maximum Gasteiger partial charge on any atom is 0.321 e. The molecule has 1 aliphatic heterocycles. The summed E-state index contributed by atoms with van der Waals surface area (Å²) in [6.07, 6.45) is 8.00. The van der Waals surface area contributed by atoms with Gasteiger partial charge in [0.05, 0.1) is 6.26 Å². The lowest BCUT2D eigenvalue weighted by Crippen LogP contribution is -2.52. The summed E-state index contributed by atoms with van der Waals surface area (Å²) >= 11 is 0. The smallest absolute Gasteiger partial charge is 0.321 e. The predicted octanol–water partition coefficient (Wildman–Crippen LogP) is 1.37. The van der Waals surface area contributed by atoms with Crippen LogP contribution in [0.2, 0.25) is 0 Å². The van der Waals surface area contributed by atoms with E-state index in [9.17, 15) is 13.2 Å². The number of carbonyl (C=O) groups is 1. The Balaban J connectivity index is 1.81. The van der Waals surface area contributed by atoms with E-state index in [1.807, 2.05) is 6.20 Å². The fraction of sp³-hybridized carbons (Fsp3) is 0.786. The van der Waals surface area contributed by atoms with Crippen molar-refractivity contribution in [3.63, 3.8) is 0 Å². The zero-order valence-electron chi connectivity index (χ0n) is 12.8. The summed E-state index contributed by atoms with van der Waals surface area (Å²) < 4.78 is 24.3. The highest BCUT2D eigenvalue weighted by molar-refractivity contribution is 7.88. The number of carbonyl (C=O) groups excluding carboxylic acids is 1. The normalized spacial score (nSPS) is 22.6. The highest BCUT2D eigenvalue weighted by Crippen LogP contribution is 2.30. The van der Waals surface area contributed by atoms with Gasteiger partial charge >= 0.3 is 6.03 Å². The number of piperazine rings is 1. The molecule has 0 bridgehead atoms. The average Bonchev–Trinajstić information content (AvgIpc) is 2.98. The van der Waals surface area contributed by atoms with Crippen molar-refractivity contribution in [1.29, 1.82) is 0 Å². The minimum Gasteiger partial charge on any atom is -0.322 e. The number of allylic oxidation sites excluding steroid dienone is 1. The first kappa shape index (κ1) is 16.3. The second-order valence-corrected chi connectivity index (χ2v) is 7.95. The SMILES string of the molecule is C/C(=C\NC(=O)N1CCN(S(C)(=O)=O)CC1)C1CCCC1. The monoisotopic (exact) mass is 315 g/mol. The molecule has 1 N–H and O–H groups in total. The first-order valence-corrected chi connectivity index (χ1v) is 9.40. The van der Waals surface area contributed by atoms with Crippen molar-refractivity contribution in [3.05, 3.63) is 11.8 Å². The van der Waals surface area contributed by atoms with Crippen molar-refractivity contribution >= 4 is 16.1 Å². The van der Waals surface area contributed by atoms with Gasteiger partial charge < -0.3 is 10.2 Å². The lowest BCUT2D eigenvalue weighted by Gasteiger charge is -2.33. The van der Waals surface area contributed by atoms with Gasteiger partial charge in [-0.3, -0.25) is 0 Å². The number of hydrogen-bond acceptors (Lipinski definition) is 3. The maximum absolute atomic E-state index is 12.1. The molecule has 7 heteroatoms. The third-order valence-electron chi connectivity index (χ3n) is 4.42. The van der Waals surface area contributed by atoms with Gasteiger partial charge in [-0.05, 0) is 25.7 Å². The van der Waals surface area contributed by atoms with Crippen LogP contribution in [0.3, 0.4) is 0 Å². The van der Waals surface area contributed by atoms with E-state index < -0.39 is 10.0 Å². The molecule has 6 nitrogen and oxygen atoms in total. The van der Waals surface area contributed by atoms with E-state index in [-0.39, 0.29) is 6.03 Å². The molecule has 1 aliphatic carbocycles. The summed E-state index contributed by atoms with van der Waals surface area (Å²) in [4.78, 5) is 13.7. The lowest BCUT2D eigenvalue weighted by molar-refractivity contribution is 0.175. The number of nitrogens with one attached hydrogen (secondary N) is 1. The van der Waals surface area contributed by atoms with Crippen molar-refractivity contribution in [1.82, 2.24) is 14.5 Å². The molecule has 120 valence electrons. The molecule has 2 fully saturated rings. The maximum atomic E-state index is 12.1. The molecule has 0 aromatic rings. The van der Waals surface area contributed by atoms with Crippen LogP contribution in [0.4, 0.5) is 4.79 Å². The van der Waals surface area contributed by atoms with Gasteiger partial charge in [0.2, 0.25) is 10.0 Å². The number of rotatable bonds is 3. The Kier molecular flexibility index (Phi) is 5.27. The van der Waals surface area contributed by atoms with Gasteiger partial charge in [0.1, 0.15) is 0 Å². The van der Waals surface area contributed by atoms with Crippen molar-refractivity contribution in [2.24, 2.45) is 5.92 Å². The molecule has 2 amide bonds. The summed E-state index contributed by atoms with van der Waals surface area (Å²) in [5.41, 5.74) is 1.23. The molecule has 0 radical (unpaired) electrons. The van der Waals surface area contributed by atoms with E-state index in [2.05, 4.69) is 12.2 Å². The van der Waals surface area contributed by atoms with Crippen molar-refractivity contribution in [3.8, 4) is 0 Å². The number of nitrogens with zero attached hydrogens (tertiary/aromatic N) is 2. The Morgan fingerprint density at radius 3 is 2.24 bits per heavy atom. The number of sulfonamides is 1. The van der Waals surface area contributed by atoms with Crippen molar-refractivity contribution < 1.29 is 13.2 Å². The predicted molar refractivity (Wildman–Crippen MR) is 82.2 cm³/mol. The molecule has 0 atom stereocenters. The Bertz CT molecular complexity index is 502. The Morgan fingerprint density at radius 1 is 1.14 bits per heavy atom. The van der Waals surface area contributed by atoms with E-state index >= 15 is 0 Å². The third kappa shape index (κ3) is 4.44. The molecule has 1 saturated carbocycles. The van der Waals surface area contributed by atoms with Gasteiger partial charge in [0.25, 0.3) is 0 Å². The molecule has 21 heavy (non-hydrogen) atoms. The molecule has 2 aliphatic rings. The fourth-order valence-corrected chi connectivity index (χ4v) is 3.82. The average molecular weight is 315 g/mol. The fourth-order valence-electron chi connectivity index (χ4n) is 2.99. The van der Waals surface area contributed by atoms with Crippen LogP contribution in [0.5, 0.6) is 0 Å². The Morgan fingerprint density at radius 2 is 1.71 bits per heavy atom. The van der Waals surface area contributed by atoms with Crippen molar-refractivity contribution in [2.75, 3.05) is 32.4 Å². The van der Waals surface area contributed by atoms with Crippen LogP contribution < -0.4 is 5.32 Å². The highest BCUT2D eigenvalue weighted by atomic mass is 32.2. The van der Waals surface area contributed by atoms with E-state index in [4.69, 9.17) is 0 Å². The van der Waals surface area contributed by atoms with Gasteiger partial charge in [0, 0.05) is 32.4 Å². The molecule has 0 unspecified atom stereocenters. The van der Waals surface area contributed by atoms with Gasteiger partial charge in [-0.2, -0.15) is 4.31 Å². The molecule has 1 saturated heterocycles.